The van der Waals surface area contributed by atoms with Crippen LogP contribution in [0.3, 0.4) is 0 Å². The van der Waals surface area contributed by atoms with Crippen molar-refractivity contribution in [3.63, 3.8) is 0 Å². The normalized spacial score (nSPS) is 23.2. The molecule has 2 saturated heterocycles. The standard InChI is InChI=1S/C18H25BF3NO2/c1-16(2)17(3,4)25-19(24-16)15-9-8-13(12-14(15)18(20,21)22)23-10-6-5-7-11-23/h8-9,12H,5-7,10-11H2,1-4H3. The van der Waals surface area contributed by atoms with Crippen molar-refractivity contribution >= 4 is 18.3 Å². The minimum absolute atomic E-state index is 0.0481. The minimum Gasteiger partial charge on any atom is -0.399 e. The Morgan fingerprint density at radius 1 is 0.960 bits per heavy atom. The lowest BCUT2D eigenvalue weighted by atomic mass is 9.75. The van der Waals surface area contributed by atoms with E-state index in [0.29, 0.717) is 5.69 Å². The van der Waals surface area contributed by atoms with Gasteiger partial charge in [-0.15, -0.1) is 0 Å². The molecule has 0 spiro atoms. The maximum Gasteiger partial charge on any atom is 0.495 e. The van der Waals surface area contributed by atoms with Gasteiger partial charge in [0.25, 0.3) is 0 Å². The third-order valence-corrected chi connectivity index (χ3v) is 5.57. The van der Waals surface area contributed by atoms with Crippen LogP contribution >= 0.6 is 0 Å². The Morgan fingerprint density at radius 2 is 1.52 bits per heavy atom. The lowest BCUT2D eigenvalue weighted by Crippen LogP contribution is -2.41. The van der Waals surface area contributed by atoms with E-state index in [9.17, 15) is 13.2 Å². The smallest absolute Gasteiger partial charge is 0.399 e. The average molecular weight is 355 g/mol. The highest BCUT2D eigenvalue weighted by molar-refractivity contribution is 6.62. The number of benzene rings is 1. The molecule has 3 rings (SSSR count). The number of piperidine rings is 1. The zero-order valence-corrected chi connectivity index (χ0v) is 15.2. The van der Waals surface area contributed by atoms with Crippen LogP contribution in [0.4, 0.5) is 18.9 Å². The van der Waals surface area contributed by atoms with Crippen molar-refractivity contribution in [2.75, 3.05) is 18.0 Å². The van der Waals surface area contributed by atoms with Crippen molar-refractivity contribution in [2.45, 2.75) is 64.3 Å². The first-order valence-corrected chi connectivity index (χ1v) is 8.83. The van der Waals surface area contributed by atoms with Crippen LogP contribution in [-0.4, -0.2) is 31.4 Å². The van der Waals surface area contributed by atoms with Crippen molar-refractivity contribution in [1.82, 2.24) is 0 Å². The molecule has 2 aliphatic heterocycles. The molecule has 2 aliphatic rings. The first-order valence-electron chi connectivity index (χ1n) is 8.83. The highest BCUT2D eigenvalue weighted by Gasteiger charge is 2.53. The van der Waals surface area contributed by atoms with E-state index < -0.39 is 30.1 Å². The van der Waals surface area contributed by atoms with Gasteiger partial charge in [-0.1, -0.05) is 6.07 Å². The maximum absolute atomic E-state index is 13.7. The zero-order valence-electron chi connectivity index (χ0n) is 15.2. The molecule has 1 aromatic carbocycles. The van der Waals surface area contributed by atoms with Gasteiger partial charge in [-0.25, -0.2) is 0 Å². The van der Waals surface area contributed by atoms with Gasteiger partial charge < -0.3 is 14.2 Å². The van der Waals surface area contributed by atoms with E-state index in [0.717, 1.165) is 32.4 Å². The number of hydrogen-bond acceptors (Lipinski definition) is 3. The fraction of sp³-hybridized carbons (Fsp3) is 0.667. The van der Waals surface area contributed by atoms with Crippen molar-refractivity contribution in [3.05, 3.63) is 23.8 Å². The molecule has 2 heterocycles. The molecule has 0 aliphatic carbocycles. The van der Waals surface area contributed by atoms with E-state index >= 15 is 0 Å². The number of rotatable bonds is 2. The lowest BCUT2D eigenvalue weighted by Gasteiger charge is -2.32. The predicted octanol–water partition coefficient (Wildman–Crippen LogP) is 3.99. The molecule has 2 fully saturated rings. The van der Waals surface area contributed by atoms with Crippen molar-refractivity contribution in [3.8, 4) is 0 Å². The first-order chi connectivity index (χ1) is 11.5. The van der Waals surface area contributed by atoms with Gasteiger partial charge in [0, 0.05) is 18.8 Å². The largest absolute Gasteiger partial charge is 0.495 e. The number of alkyl halides is 3. The summed E-state index contributed by atoms with van der Waals surface area (Å²) < 4.78 is 52.8. The van der Waals surface area contributed by atoms with Crippen LogP contribution in [0.2, 0.25) is 0 Å². The molecule has 0 aromatic heterocycles. The van der Waals surface area contributed by atoms with Gasteiger partial charge >= 0.3 is 13.3 Å². The molecule has 0 unspecified atom stereocenters. The summed E-state index contributed by atoms with van der Waals surface area (Å²) in [7, 11) is -1.02. The molecule has 1 aromatic rings. The molecular formula is C18H25BF3NO2. The van der Waals surface area contributed by atoms with Crippen LogP contribution in [0.15, 0.2) is 18.2 Å². The molecule has 0 N–H and O–H groups in total. The summed E-state index contributed by atoms with van der Waals surface area (Å²) in [6.07, 6.45) is -1.29. The lowest BCUT2D eigenvalue weighted by molar-refractivity contribution is -0.136. The van der Waals surface area contributed by atoms with Crippen LogP contribution in [-0.2, 0) is 15.5 Å². The molecule has 3 nitrogen and oxygen atoms in total. The van der Waals surface area contributed by atoms with Gasteiger partial charge in [0.1, 0.15) is 0 Å². The van der Waals surface area contributed by atoms with Crippen LogP contribution in [0.5, 0.6) is 0 Å². The van der Waals surface area contributed by atoms with E-state index in [2.05, 4.69) is 0 Å². The van der Waals surface area contributed by atoms with E-state index in [1.165, 1.54) is 12.1 Å². The Labute approximate surface area is 147 Å². The number of nitrogens with zero attached hydrogens (tertiary/aromatic N) is 1. The second-order valence-electron chi connectivity index (χ2n) is 7.91. The molecular weight excluding hydrogens is 330 g/mol. The Balaban J connectivity index is 1.97. The molecule has 0 amide bonds. The van der Waals surface area contributed by atoms with Gasteiger partial charge in [0.15, 0.2) is 0 Å². The van der Waals surface area contributed by atoms with Gasteiger partial charge in [-0.2, -0.15) is 13.2 Å². The third-order valence-electron chi connectivity index (χ3n) is 5.57. The summed E-state index contributed by atoms with van der Waals surface area (Å²) in [5.41, 5.74) is -1.36. The number of halogens is 3. The van der Waals surface area contributed by atoms with Gasteiger partial charge in [0.05, 0.1) is 16.8 Å². The van der Waals surface area contributed by atoms with Gasteiger partial charge in [-0.3, -0.25) is 0 Å². The summed E-state index contributed by atoms with van der Waals surface area (Å²) in [6.45, 7) is 8.94. The van der Waals surface area contributed by atoms with Crippen LogP contribution in [0.1, 0.15) is 52.5 Å². The monoisotopic (exact) mass is 355 g/mol. The van der Waals surface area contributed by atoms with Crippen molar-refractivity contribution in [2.24, 2.45) is 0 Å². The number of hydrogen-bond donors (Lipinski definition) is 0. The summed E-state index contributed by atoms with van der Waals surface area (Å²) in [5, 5.41) is 0. The quantitative estimate of drug-likeness (QED) is 0.749. The fourth-order valence-electron chi connectivity index (χ4n) is 3.31. The van der Waals surface area contributed by atoms with Crippen LogP contribution in [0, 0.1) is 0 Å². The summed E-state index contributed by atoms with van der Waals surface area (Å²) in [6, 6.07) is 4.50. The zero-order chi connectivity index (χ0) is 18.5. The topological polar surface area (TPSA) is 21.7 Å². The van der Waals surface area contributed by atoms with Crippen molar-refractivity contribution < 1.29 is 22.5 Å². The van der Waals surface area contributed by atoms with E-state index in [4.69, 9.17) is 9.31 Å². The number of anilines is 1. The average Bonchev–Trinajstić information content (AvgIpc) is 2.75. The fourth-order valence-corrected chi connectivity index (χ4v) is 3.31. The molecule has 0 atom stereocenters. The molecule has 7 heteroatoms. The first kappa shape index (κ1) is 18.6. The summed E-state index contributed by atoms with van der Waals surface area (Å²) in [5.74, 6) is 0. The molecule has 138 valence electrons. The second kappa shape index (κ2) is 6.20. The van der Waals surface area contributed by atoms with Gasteiger partial charge in [0.2, 0.25) is 0 Å². The Hall–Kier alpha value is -1.21. The Bertz CT molecular complexity index is 624. The Kier molecular flexibility index (Phi) is 4.61. The third kappa shape index (κ3) is 3.54. The van der Waals surface area contributed by atoms with E-state index in [1.54, 1.807) is 6.07 Å². The highest BCUT2D eigenvalue weighted by atomic mass is 19.4. The molecule has 25 heavy (non-hydrogen) atoms. The SMILES string of the molecule is CC1(C)OB(c2ccc(N3CCCCC3)cc2C(F)(F)F)OC1(C)C. The minimum atomic E-state index is -4.45. The van der Waals surface area contributed by atoms with Crippen LogP contribution < -0.4 is 10.4 Å². The predicted molar refractivity (Wildman–Crippen MR) is 93.2 cm³/mol. The summed E-state index contributed by atoms with van der Waals surface area (Å²) in [4.78, 5) is 2.02. The van der Waals surface area contributed by atoms with Crippen LogP contribution in [0.25, 0.3) is 0 Å². The van der Waals surface area contributed by atoms with Gasteiger partial charge in [-0.05, 0) is 64.6 Å². The molecule has 0 bridgehead atoms. The molecule has 0 radical (unpaired) electrons. The van der Waals surface area contributed by atoms with E-state index in [-0.39, 0.29) is 5.46 Å². The Morgan fingerprint density at radius 3 is 2.04 bits per heavy atom. The second-order valence-corrected chi connectivity index (χ2v) is 7.91. The molecule has 0 saturated carbocycles. The summed E-state index contributed by atoms with van der Waals surface area (Å²) >= 11 is 0. The maximum atomic E-state index is 13.7. The van der Waals surface area contributed by atoms with E-state index in [1.807, 2.05) is 32.6 Å². The van der Waals surface area contributed by atoms with Crippen molar-refractivity contribution in [1.29, 1.82) is 0 Å². The highest BCUT2D eigenvalue weighted by Crippen LogP contribution is 2.39.